The predicted molar refractivity (Wildman–Crippen MR) is 76.6 cm³/mol. The lowest BCUT2D eigenvalue weighted by Gasteiger charge is -2.26. The fourth-order valence-corrected chi connectivity index (χ4v) is 2.81. The van der Waals surface area contributed by atoms with Crippen LogP contribution in [0.1, 0.15) is 31.2 Å². The largest absolute Gasteiger partial charge is 0.393 e. The van der Waals surface area contributed by atoms with E-state index < -0.39 is 0 Å². The Bertz CT molecular complexity index is 457. The Labute approximate surface area is 122 Å². The van der Waals surface area contributed by atoms with Crippen molar-refractivity contribution in [2.75, 3.05) is 0 Å². The zero-order chi connectivity index (χ0) is 13.8. The van der Waals surface area contributed by atoms with Gasteiger partial charge in [0.1, 0.15) is 0 Å². The van der Waals surface area contributed by atoms with Gasteiger partial charge in [-0.25, -0.2) is 0 Å². The Kier molecular flexibility index (Phi) is 5.08. The van der Waals surface area contributed by atoms with Gasteiger partial charge in [-0.15, -0.1) is 0 Å². The zero-order valence-electron chi connectivity index (χ0n) is 10.5. The maximum atomic E-state index is 11.9. The second kappa shape index (κ2) is 6.60. The number of carbonyl (C=O) groups excluding carboxylic acids is 1. The van der Waals surface area contributed by atoms with Crippen LogP contribution in [0.4, 0.5) is 0 Å². The number of amides is 1. The molecule has 0 radical (unpaired) electrons. The highest BCUT2D eigenvalue weighted by molar-refractivity contribution is 6.35. The fraction of sp³-hybridized carbons (Fsp3) is 0.500. The number of benzene rings is 1. The molecule has 1 aromatic rings. The highest BCUT2D eigenvalue weighted by Gasteiger charge is 2.21. The van der Waals surface area contributed by atoms with E-state index in [1.165, 1.54) is 0 Å². The summed E-state index contributed by atoms with van der Waals surface area (Å²) in [6, 6.07) is 5.31. The molecule has 1 amide bonds. The molecule has 1 aliphatic rings. The van der Waals surface area contributed by atoms with E-state index in [1.807, 2.05) is 0 Å². The topological polar surface area (TPSA) is 49.3 Å². The average molecular weight is 302 g/mol. The third kappa shape index (κ3) is 4.37. The Morgan fingerprint density at radius 1 is 1.26 bits per heavy atom. The number of nitrogens with one attached hydrogen (secondary N) is 1. The lowest BCUT2D eigenvalue weighted by molar-refractivity contribution is -0.121. The van der Waals surface area contributed by atoms with Crippen LogP contribution in [0.3, 0.4) is 0 Å². The molecule has 0 saturated heterocycles. The van der Waals surface area contributed by atoms with E-state index in [0.717, 1.165) is 31.2 Å². The zero-order valence-corrected chi connectivity index (χ0v) is 12.0. The van der Waals surface area contributed by atoms with Crippen molar-refractivity contribution in [3.63, 3.8) is 0 Å². The first-order valence-corrected chi connectivity index (χ1v) is 7.21. The predicted octanol–water partition coefficient (Wildman–Crippen LogP) is 2.96. The van der Waals surface area contributed by atoms with Gasteiger partial charge < -0.3 is 10.4 Å². The number of hydrogen-bond donors (Lipinski definition) is 2. The van der Waals surface area contributed by atoms with Crippen molar-refractivity contribution in [3.05, 3.63) is 33.8 Å². The van der Waals surface area contributed by atoms with Crippen LogP contribution in [0.25, 0.3) is 0 Å². The summed E-state index contributed by atoms with van der Waals surface area (Å²) in [6.07, 6.45) is 3.23. The molecule has 0 aliphatic heterocycles. The van der Waals surface area contributed by atoms with Gasteiger partial charge in [-0.1, -0.05) is 29.3 Å². The molecule has 0 unspecified atom stereocenters. The van der Waals surface area contributed by atoms with Crippen LogP contribution in [0.15, 0.2) is 18.2 Å². The van der Waals surface area contributed by atoms with Gasteiger partial charge in [-0.3, -0.25) is 4.79 Å². The van der Waals surface area contributed by atoms with Gasteiger partial charge in [0, 0.05) is 16.1 Å². The van der Waals surface area contributed by atoms with E-state index in [-0.39, 0.29) is 24.5 Å². The molecule has 2 N–H and O–H groups in total. The third-order valence-corrected chi connectivity index (χ3v) is 4.01. The Balaban J connectivity index is 1.87. The molecule has 1 aromatic carbocycles. The van der Waals surface area contributed by atoms with Crippen LogP contribution in [0, 0.1) is 0 Å². The summed E-state index contributed by atoms with van der Waals surface area (Å²) < 4.78 is 0. The maximum absolute atomic E-state index is 11.9. The van der Waals surface area contributed by atoms with Gasteiger partial charge in [-0.05, 0) is 43.4 Å². The van der Waals surface area contributed by atoms with E-state index in [2.05, 4.69) is 5.32 Å². The molecule has 0 aromatic heterocycles. The number of carbonyl (C=O) groups is 1. The van der Waals surface area contributed by atoms with Gasteiger partial charge in [0.25, 0.3) is 0 Å². The van der Waals surface area contributed by atoms with Crippen LogP contribution in [0.5, 0.6) is 0 Å². The lowest BCUT2D eigenvalue weighted by atomic mass is 9.93. The number of hydrogen-bond acceptors (Lipinski definition) is 2. The minimum atomic E-state index is -0.209. The van der Waals surface area contributed by atoms with E-state index in [0.29, 0.717) is 10.0 Å². The SMILES string of the molecule is O=C(Cc1ccc(Cl)cc1Cl)NC1CCC(O)CC1. The molecule has 104 valence electrons. The molecule has 3 nitrogen and oxygen atoms in total. The standard InChI is InChI=1S/C14H17Cl2NO2/c15-10-2-1-9(13(16)8-10)7-14(19)17-11-3-5-12(18)6-4-11/h1-2,8,11-12,18H,3-7H2,(H,17,19). The second-order valence-corrected chi connectivity index (χ2v) is 5.83. The third-order valence-electron chi connectivity index (χ3n) is 3.43. The number of aliphatic hydroxyl groups is 1. The summed E-state index contributed by atoms with van der Waals surface area (Å²) in [5.74, 6) is -0.0365. The molecule has 1 saturated carbocycles. The lowest BCUT2D eigenvalue weighted by Crippen LogP contribution is -2.39. The molecule has 19 heavy (non-hydrogen) atoms. The second-order valence-electron chi connectivity index (χ2n) is 4.99. The number of halogens is 2. The van der Waals surface area contributed by atoms with Crippen molar-refractivity contribution in [1.29, 1.82) is 0 Å². The Morgan fingerprint density at radius 2 is 1.95 bits per heavy atom. The highest BCUT2D eigenvalue weighted by atomic mass is 35.5. The summed E-state index contributed by atoms with van der Waals surface area (Å²) in [5.41, 5.74) is 0.777. The van der Waals surface area contributed by atoms with Crippen LogP contribution in [0.2, 0.25) is 10.0 Å². The first kappa shape index (κ1) is 14.6. The van der Waals surface area contributed by atoms with Crippen molar-refractivity contribution < 1.29 is 9.90 Å². The fourth-order valence-electron chi connectivity index (χ4n) is 2.34. The number of rotatable bonds is 3. The van der Waals surface area contributed by atoms with Crippen molar-refractivity contribution in [1.82, 2.24) is 5.32 Å². The van der Waals surface area contributed by atoms with Crippen LogP contribution in [-0.4, -0.2) is 23.2 Å². The first-order valence-electron chi connectivity index (χ1n) is 6.46. The maximum Gasteiger partial charge on any atom is 0.224 e. The van der Waals surface area contributed by atoms with E-state index in [9.17, 15) is 9.90 Å². The number of aliphatic hydroxyl groups excluding tert-OH is 1. The summed E-state index contributed by atoms with van der Waals surface area (Å²) in [4.78, 5) is 11.9. The molecule has 0 spiro atoms. The minimum absolute atomic E-state index is 0.0365. The summed E-state index contributed by atoms with van der Waals surface area (Å²) in [5, 5.41) is 13.5. The van der Waals surface area contributed by atoms with Crippen molar-refractivity contribution >= 4 is 29.1 Å². The normalized spacial score (nSPS) is 23.1. The molecule has 5 heteroatoms. The van der Waals surface area contributed by atoms with Crippen molar-refractivity contribution in [2.45, 2.75) is 44.2 Å². The molecule has 0 bridgehead atoms. The molecular weight excluding hydrogens is 285 g/mol. The molecule has 1 aliphatic carbocycles. The van der Waals surface area contributed by atoms with Crippen LogP contribution < -0.4 is 5.32 Å². The molecular formula is C14H17Cl2NO2. The van der Waals surface area contributed by atoms with E-state index in [1.54, 1.807) is 18.2 Å². The van der Waals surface area contributed by atoms with Gasteiger partial charge >= 0.3 is 0 Å². The van der Waals surface area contributed by atoms with Gasteiger partial charge in [-0.2, -0.15) is 0 Å². The monoisotopic (exact) mass is 301 g/mol. The molecule has 0 atom stereocenters. The summed E-state index contributed by atoms with van der Waals surface area (Å²) in [6.45, 7) is 0. The van der Waals surface area contributed by atoms with E-state index in [4.69, 9.17) is 23.2 Å². The Hall–Kier alpha value is -0.770. The molecule has 2 rings (SSSR count). The van der Waals surface area contributed by atoms with E-state index >= 15 is 0 Å². The molecule has 1 fully saturated rings. The van der Waals surface area contributed by atoms with Gasteiger partial charge in [0.15, 0.2) is 0 Å². The summed E-state index contributed by atoms with van der Waals surface area (Å²) >= 11 is 11.9. The minimum Gasteiger partial charge on any atom is -0.393 e. The van der Waals surface area contributed by atoms with Crippen molar-refractivity contribution in [2.24, 2.45) is 0 Å². The van der Waals surface area contributed by atoms with Crippen LogP contribution >= 0.6 is 23.2 Å². The van der Waals surface area contributed by atoms with Gasteiger partial charge in [0.2, 0.25) is 5.91 Å². The summed E-state index contributed by atoms with van der Waals surface area (Å²) in [7, 11) is 0. The highest BCUT2D eigenvalue weighted by Crippen LogP contribution is 2.22. The van der Waals surface area contributed by atoms with Crippen molar-refractivity contribution in [3.8, 4) is 0 Å². The quantitative estimate of drug-likeness (QED) is 0.902. The average Bonchev–Trinajstić information content (AvgIpc) is 2.36. The Morgan fingerprint density at radius 3 is 2.58 bits per heavy atom. The van der Waals surface area contributed by atoms with Gasteiger partial charge in [0.05, 0.1) is 12.5 Å². The van der Waals surface area contributed by atoms with Crippen LogP contribution in [-0.2, 0) is 11.2 Å². The molecule has 0 heterocycles. The smallest absolute Gasteiger partial charge is 0.224 e. The first-order chi connectivity index (χ1) is 9.04.